The minimum Gasteiger partial charge on any atom is -0.433 e. The van der Waals surface area contributed by atoms with Gasteiger partial charge in [-0.2, -0.15) is 8.78 Å². The number of anilines is 1. The number of aromatic nitrogens is 3. The van der Waals surface area contributed by atoms with Gasteiger partial charge in [-0.1, -0.05) is 30.0 Å². The number of hydrogen-bond donors (Lipinski definition) is 1. The monoisotopic (exact) mass is 466 g/mol. The molecule has 1 unspecified atom stereocenters. The van der Waals surface area contributed by atoms with E-state index in [1.165, 1.54) is 23.9 Å². The van der Waals surface area contributed by atoms with Crippen LogP contribution in [0.15, 0.2) is 46.9 Å². The van der Waals surface area contributed by atoms with Crippen molar-refractivity contribution in [2.75, 3.05) is 17.7 Å². The Kier molecular flexibility index (Phi) is 7.15. The highest BCUT2D eigenvalue weighted by Crippen LogP contribution is 2.30. The molecule has 1 N–H and O–H groups in total. The number of thioether (sulfide) groups is 1. The molecule has 0 aliphatic carbocycles. The lowest BCUT2D eigenvalue weighted by Crippen LogP contribution is -2.18. The maximum Gasteiger partial charge on any atom is 0.387 e. The number of amides is 1. The normalized spacial score (nSPS) is 16.0. The van der Waals surface area contributed by atoms with Crippen molar-refractivity contribution < 1.29 is 23.0 Å². The van der Waals surface area contributed by atoms with Gasteiger partial charge in [-0.3, -0.25) is 9.36 Å². The third kappa shape index (κ3) is 5.60. The van der Waals surface area contributed by atoms with Crippen LogP contribution in [0.4, 0.5) is 14.5 Å². The van der Waals surface area contributed by atoms with Gasteiger partial charge in [-0.25, -0.2) is 0 Å². The van der Waals surface area contributed by atoms with Crippen molar-refractivity contribution >= 4 is 34.7 Å². The minimum atomic E-state index is -2.97. The zero-order valence-corrected chi connectivity index (χ0v) is 18.0. The molecule has 1 aliphatic heterocycles. The summed E-state index contributed by atoms with van der Waals surface area (Å²) in [4.78, 5) is 13.4. The van der Waals surface area contributed by atoms with Crippen LogP contribution in [-0.4, -0.2) is 45.7 Å². The molecular weight excluding hydrogens is 446 g/mol. The number of hydrogen-bond acceptors (Lipinski definition) is 7. The number of halogens is 2. The highest BCUT2D eigenvalue weighted by molar-refractivity contribution is 7.99. The Hall–Kier alpha value is -2.50. The van der Waals surface area contributed by atoms with Crippen LogP contribution in [0.25, 0.3) is 10.7 Å². The maximum atomic E-state index is 12.6. The molecule has 1 fully saturated rings. The molecule has 1 atom stereocenters. The first-order chi connectivity index (χ1) is 15.1. The van der Waals surface area contributed by atoms with Crippen molar-refractivity contribution in [3.8, 4) is 16.5 Å². The molecule has 0 bridgehead atoms. The Bertz CT molecular complexity index is 1010. The van der Waals surface area contributed by atoms with Crippen LogP contribution in [0.2, 0.25) is 0 Å². The molecule has 7 nitrogen and oxygen atoms in total. The number of nitrogens with zero attached hydrogens (tertiary/aromatic N) is 3. The average Bonchev–Trinajstić information content (AvgIpc) is 3.50. The van der Waals surface area contributed by atoms with Crippen molar-refractivity contribution in [3.63, 3.8) is 0 Å². The molecule has 1 aromatic carbocycles. The Morgan fingerprint density at radius 2 is 2.19 bits per heavy atom. The van der Waals surface area contributed by atoms with Gasteiger partial charge in [0.05, 0.1) is 29.0 Å². The maximum absolute atomic E-state index is 12.6. The summed E-state index contributed by atoms with van der Waals surface area (Å²) in [6, 6.07) is 10.00. The number of para-hydroxylation sites is 2. The summed E-state index contributed by atoms with van der Waals surface area (Å²) in [7, 11) is 0. The predicted molar refractivity (Wildman–Crippen MR) is 115 cm³/mol. The Morgan fingerprint density at radius 1 is 1.32 bits per heavy atom. The number of rotatable bonds is 9. The van der Waals surface area contributed by atoms with Crippen LogP contribution in [0.3, 0.4) is 0 Å². The molecule has 0 spiro atoms. The highest BCUT2D eigenvalue weighted by Gasteiger charge is 2.23. The predicted octanol–water partition coefficient (Wildman–Crippen LogP) is 4.52. The number of alkyl halides is 2. The smallest absolute Gasteiger partial charge is 0.387 e. The standard InChI is InChI=1S/C20H20F2N4O3S2/c21-19(22)29-15-7-2-1-6-14(15)23-17(27)12-31-20-25-24-18(16-8-4-10-30-16)26(20)11-13-5-3-9-28-13/h1-2,4,6-8,10,13,19H,3,5,9,11-12H2,(H,23,27). The molecule has 2 aromatic heterocycles. The van der Waals surface area contributed by atoms with Gasteiger partial charge >= 0.3 is 6.61 Å². The summed E-state index contributed by atoms with van der Waals surface area (Å²) >= 11 is 2.80. The molecule has 31 heavy (non-hydrogen) atoms. The first-order valence-electron chi connectivity index (χ1n) is 9.65. The molecule has 1 amide bonds. The number of ether oxygens (including phenoxy) is 2. The molecule has 164 valence electrons. The van der Waals surface area contributed by atoms with E-state index in [4.69, 9.17) is 4.74 Å². The lowest BCUT2D eigenvalue weighted by Gasteiger charge is -2.14. The lowest BCUT2D eigenvalue weighted by molar-refractivity contribution is -0.113. The quantitative estimate of drug-likeness (QED) is 0.467. The van der Waals surface area contributed by atoms with Crippen LogP contribution < -0.4 is 10.1 Å². The van der Waals surface area contributed by atoms with Crippen molar-refractivity contribution in [2.24, 2.45) is 0 Å². The van der Waals surface area contributed by atoms with E-state index in [9.17, 15) is 13.6 Å². The largest absolute Gasteiger partial charge is 0.433 e. The Labute approximate surface area is 185 Å². The molecule has 3 heterocycles. The Balaban J connectivity index is 1.45. The van der Waals surface area contributed by atoms with Gasteiger partial charge < -0.3 is 14.8 Å². The van der Waals surface area contributed by atoms with E-state index >= 15 is 0 Å². The second kappa shape index (κ2) is 10.2. The average molecular weight is 467 g/mol. The summed E-state index contributed by atoms with van der Waals surface area (Å²) in [5.74, 6) is 0.332. The summed E-state index contributed by atoms with van der Waals surface area (Å²) in [6.45, 7) is -1.62. The third-order valence-corrected chi connectivity index (χ3v) is 6.41. The molecule has 1 saturated heterocycles. The van der Waals surface area contributed by atoms with Crippen LogP contribution >= 0.6 is 23.1 Å². The lowest BCUT2D eigenvalue weighted by atomic mass is 10.2. The van der Waals surface area contributed by atoms with Crippen molar-refractivity contribution in [2.45, 2.75) is 37.3 Å². The van der Waals surface area contributed by atoms with Gasteiger partial charge in [0.15, 0.2) is 11.0 Å². The number of carbonyl (C=O) groups excluding carboxylic acids is 1. The summed E-state index contributed by atoms with van der Waals surface area (Å²) in [5, 5.41) is 13.8. The molecule has 0 radical (unpaired) electrons. The molecule has 1 aliphatic rings. The van der Waals surface area contributed by atoms with E-state index in [1.54, 1.807) is 23.5 Å². The second-order valence-corrected chi connectivity index (χ2v) is 8.63. The van der Waals surface area contributed by atoms with Crippen LogP contribution in [-0.2, 0) is 16.1 Å². The number of thiophene rings is 1. The number of nitrogens with one attached hydrogen (secondary N) is 1. The fraction of sp³-hybridized carbons (Fsp3) is 0.350. The van der Waals surface area contributed by atoms with E-state index in [0.717, 1.165) is 30.2 Å². The third-order valence-electron chi connectivity index (χ3n) is 4.58. The van der Waals surface area contributed by atoms with Crippen molar-refractivity contribution in [1.82, 2.24) is 14.8 Å². The fourth-order valence-corrected chi connectivity index (χ4v) is 4.69. The minimum absolute atomic E-state index is 0.0388. The summed E-state index contributed by atoms with van der Waals surface area (Å²) in [6.07, 6.45) is 2.07. The van der Waals surface area contributed by atoms with E-state index in [-0.39, 0.29) is 29.2 Å². The van der Waals surface area contributed by atoms with Gasteiger partial charge in [-0.05, 0) is 36.4 Å². The van der Waals surface area contributed by atoms with Crippen LogP contribution in [0, 0.1) is 0 Å². The fourth-order valence-electron chi connectivity index (χ4n) is 3.23. The van der Waals surface area contributed by atoms with Gasteiger partial charge in [0.1, 0.15) is 5.75 Å². The van der Waals surface area contributed by atoms with Gasteiger partial charge in [0.2, 0.25) is 5.91 Å². The Morgan fingerprint density at radius 3 is 2.94 bits per heavy atom. The zero-order valence-electron chi connectivity index (χ0n) is 16.4. The molecular formula is C20H20F2N4O3S2. The highest BCUT2D eigenvalue weighted by atomic mass is 32.2. The molecule has 3 aromatic rings. The molecule has 0 saturated carbocycles. The number of benzene rings is 1. The van der Waals surface area contributed by atoms with Gasteiger partial charge in [-0.15, -0.1) is 21.5 Å². The molecule has 4 rings (SSSR count). The van der Waals surface area contributed by atoms with E-state index in [2.05, 4.69) is 20.3 Å². The van der Waals surface area contributed by atoms with E-state index in [0.29, 0.717) is 11.7 Å². The summed E-state index contributed by atoms with van der Waals surface area (Å²) < 4.78 is 37.3. The second-order valence-electron chi connectivity index (χ2n) is 6.74. The van der Waals surface area contributed by atoms with E-state index < -0.39 is 6.61 Å². The van der Waals surface area contributed by atoms with Crippen LogP contribution in [0.1, 0.15) is 12.8 Å². The van der Waals surface area contributed by atoms with Crippen molar-refractivity contribution in [1.29, 1.82) is 0 Å². The van der Waals surface area contributed by atoms with Gasteiger partial charge in [0, 0.05) is 6.61 Å². The SMILES string of the molecule is O=C(CSc1nnc(-c2cccs2)n1CC1CCCO1)Nc1ccccc1OC(F)F. The van der Waals surface area contributed by atoms with E-state index in [1.807, 2.05) is 22.1 Å². The topological polar surface area (TPSA) is 78.3 Å². The van der Waals surface area contributed by atoms with Crippen molar-refractivity contribution in [3.05, 3.63) is 41.8 Å². The summed E-state index contributed by atoms with van der Waals surface area (Å²) in [5.41, 5.74) is 0.188. The first kappa shape index (κ1) is 21.7. The van der Waals surface area contributed by atoms with Gasteiger partial charge in [0.25, 0.3) is 0 Å². The molecule has 11 heteroatoms. The first-order valence-corrected chi connectivity index (χ1v) is 11.5. The zero-order chi connectivity index (χ0) is 21.6. The number of carbonyl (C=O) groups is 1. The van der Waals surface area contributed by atoms with Crippen LogP contribution in [0.5, 0.6) is 5.75 Å².